The molecule has 0 unspecified atom stereocenters. The van der Waals surface area contributed by atoms with Gasteiger partial charge in [0, 0.05) is 30.9 Å². The van der Waals surface area contributed by atoms with Gasteiger partial charge in [-0.1, -0.05) is 32.5 Å². The third-order valence-electron chi connectivity index (χ3n) is 3.35. The molecule has 0 radical (unpaired) electrons. The molecular formula is C15H19N7OS. The van der Waals surface area contributed by atoms with Crippen LogP contribution in [-0.4, -0.2) is 41.0 Å². The number of aromatic nitrogens is 6. The first kappa shape index (κ1) is 16.4. The van der Waals surface area contributed by atoms with Crippen LogP contribution in [0.25, 0.3) is 5.78 Å². The largest absolute Gasteiger partial charge is 0.310 e. The summed E-state index contributed by atoms with van der Waals surface area (Å²) in [5, 5.41) is 12.1. The Kier molecular flexibility index (Phi) is 4.27. The number of thioether (sulfide) groups is 1. The minimum Gasteiger partial charge on any atom is -0.310 e. The predicted molar refractivity (Wildman–Crippen MR) is 92.0 cm³/mol. The molecule has 0 saturated carbocycles. The first-order valence-electron chi connectivity index (χ1n) is 7.47. The number of fused-ring (bicyclic) bond motifs is 1. The van der Waals surface area contributed by atoms with E-state index in [1.807, 2.05) is 13.1 Å². The fourth-order valence-electron chi connectivity index (χ4n) is 2.03. The van der Waals surface area contributed by atoms with E-state index >= 15 is 0 Å². The molecule has 24 heavy (non-hydrogen) atoms. The van der Waals surface area contributed by atoms with Crippen LogP contribution in [0.3, 0.4) is 0 Å². The highest BCUT2D eigenvalue weighted by Crippen LogP contribution is 2.23. The number of nitrogens with zero attached hydrogens (tertiary/aromatic N) is 6. The SMILES string of the molecule is Cn1nc(C(C)(C)C)cc1NC(=O)CSc1nc2ncccn2n1. The summed E-state index contributed by atoms with van der Waals surface area (Å²) >= 11 is 1.27. The van der Waals surface area contributed by atoms with Crippen LogP contribution in [0.5, 0.6) is 0 Å². The minimum absolute atomic E-state index is 0.0665. The lowest BCUT2D eigenvalue weighted by molar-refractivity contribution is -0.113. The second-order valence-electron chi connectivity index (χ2n) is 6.38. The smallest absolute Gasteiger partial charge is 0.253 e. The molecule has 0 bridgehead atoms. The summed E-state index contributed by atoms with van der Waals surface area (Å²) in [5.41, 5.74) is 0.865. The van der Waals surface area contributed by atoms with Gasteiger partial charge in [0.15, 0.2) is 0 Å². The molecule has 1 N–H and O–H groups in total. The van der Waals surface area contributed by atoms with Crippen molar-refractivity contribution in [2.24, 2.45) is 7.05 Å². The van der Waals surface area contributed by atoms with Crippen molar-refractivity contribution in [1.29, 1.82) is 0 Å². The normalized spacial score (nSPS) is 11.8. The van der Waals surface area contributed by atoms with Gasteiger partial charge in [0.25, 0.3) is 5.78 Å². The highest BCUT2D eigenvalue weighted by Gasteiger charge is 2.19. The lowest BCUT2D eigenvalue weighted by atomic mass is 9.92. The standard InChI is InChI=1S/C15H19N7OS/c1-15(2,3)10-8-11(21(4)19-10)17-12(23)9-24-14-18-13-16-6-5-7-22(13)20-14/h5-8H,9H2,1-4H3,(H,17,23). The molecule has 1 amide bonds. The zero-order chi connectivity index (χ0) is 17.3. The molecule has 0 atom stereocenters. The Hall–Kier alpha value is -2.42. The van der Waals surface area contributed by atoms with E-state index in [4.69, 9.17) is 0 Å². The molecule has 3 aromatic rings. The van der Waals surface area contributed by atoms with Crippen molar-refractivity contribution >= 4 is 29.3 Å². The maximum atomic E-state index is 12.2. The molecule has 0 aliphatic carbocycles. The maximum absolute atomic E-state index is 12.2. The van der Waals surface area contributed by atoms with Crippen molar-refractivity contribution in [1.82, 2.24) is 29.4 Å². The van der Waals surface area contributed by atoms with Gasteiger partial charge in [-0.05, 0) is 6.07 Å². The van der Waals surface area contributed by atoms with E-state index in [0.29, 0.717) is 16.8 Å². The summed E-state index contributed by atoms with van der Waals surface area (Å²) < 4.78 is 3.26. The Labute approximate surface area is 143 Å². The number of carbonyl (C=O) groups excluding carboxylic acids is 1. The van der Waals surface area contributed by atoms with Gasteiger partial charge >= 0.3 is 0 Å². The van der Waals surface area contributed by atoms with Crippen molar-refractivity contribution in [3.05, 3.63) is 30.2 Å². The Morgan fingerprint density at radius 2 is 2.12 bits per heavy atom. The van der Waals surface area contributed by atoms with Crippen molar-refractivity contribution < 1.29 is 4.79 Å². The molecule has 3 rings (SSSR count). The van der Waals surface area contributed by atoms with Gasteiger partial charge in [0.2, 0.25) is 11.1 Å². The molecule has 0 aliphatic heterocycles. The molecule has 0 aromatic carbocycles. The third kappa shape index (κ3) is 3.56. The number of nitrogens with one attached hydrogen (secondary N) is 1. The maximum Gasteiger partial charge on any atom is 0.253 e. The van der Waals surface area contributed by atoms with Gasteiger partial charge in [0.05, 0.1) is 11.4 Å². The summed E-state index contributed by atoms with van der Waals surface area (Å²) in [7, 11) is 1.81. The van der Waals surface area contributed by atoms with Gasteiger partial charge in [-0.3, -0.25) is 9.48 Å². The number of aryl methyl sites for hydroxylation is 1. The average molecular weight is 345 g/mol. The molecule has 9 heteroatoms. The van der Waals surface area contributed by atoms with E-state index in [0.717, 1.165) is 5.69 Å². The van der Waals surface area contributed by atoms with E-state index in [9.17, 15) is 4.79 Å². The number of hydrogen-bond acceptors (Lipinski definition) is 6. The lowest BCUT2D eigenvalue weighted by Gasteiger charge is -2.13. The van der Waals surface area contributed by atoms with Crippen molar-refractivity contribution in [2.75, 3.05) is 11.1 Å². The van der Waals surface area contributed by atoms with Crippen molar-refractivity contribution in [2.45, 2.75) is 31.3 Å². The summed E-state index contributed by atoms with van der Waals surface area (Å²) in [6.07, 6.45) is 3.42. The van der Waals surface area contributed by atoms with Crippen LogP contribution in [0.15, 0.2) is 29.7 Å². The van der Waals surface area contributed by atoms with Crippen LogP contribution in [0.2, 0.25) is 0 Å². The second-order valence-corrected chi connectivity index (χ2v) is 7.33. The zero-order valence-electron chi connectivity index (χ0n) is 14.0. The summed E-state index contributed by atoms with van der Waals surface area (Å²) in [5.74, 6) is 1.28. The first-order valence-corrected chi connectivity index (χ1v) is 8.46. The van der Waals surface area contributed by atoms with Crippen LogP contribution in [-0.2, 0) is 17.3 Å². The Bertz CT molecular complexity index is 844. The van der Waals surface area contributed by atoms with E-state index in [-0.39, 0.29) is 17.1 Å². The number of rotatable bonds is 4. The molecule has 0 spiro atoms. The third-order valence-corrected chi connectivity index (χ3v) is 4.18. The van der Waals surface area contributed by atoms with Crippen molar-refractivity contribution in [3.8, 4) is 0 Å². The Morgan fingerprint density at radius 3 is 2.79 bits per heavy atom. The fraction of sp³-hybridized carbons (Fsp3) is 0.400. The summed E-state index contributed by atoms with van der Waals surface area (Å²) in [6.45, 7) is 6.25. The highest BCUT2D eigenvalue weighted by molar-refractivity contribution is 7.99. The molecule has 3 heterocycles. The quantitative estimate of drug-likeness (QED) is 0.726. The summed E-state index contributed by atoms with van der Waals surface area (Å²) in [4.78, 5) is 20.5. The highest BCUT2D eigenvalue weighted by atomic mass is 32.2. The van der Waals surface area contributed by atoms with Gasteiger partial charge < -0.3 is 5.32 Å². The van der Waals surface area contributed by atoms with E-state index in [1.54, 1.807) is 27.7 Å². The fourth-order valence-corrected chi connectivity index (χ4v) is 2.66. The average Bonchev–Trinajstić information content (AvgIpc) is 3.08. The first-order chi connectivity index (χ1) is 11.3. The van der Waals surface area contributed by atoms with Crippen LogP contribution in [0.4, 0.5) is 5.82 Å². The zero-order valence-corrected chi connectivity index (χ0v) is 14.8. The predicted octanol–water partition coefficient (Wildman–Crippen LogP) is 1.89. The number of anilines is 1. The minimum atomic E-state index is -0.129. The van der Waals surface area contributed by atoms with Crippen LogP contribution < -0.4 is 5.32 Å². The molecule has 0 fully saturated rings. The van der Waals surface area contributed by atoms with E-state index < -0.39 is 0 Å². The van der Waals surface area contributed by atoms with E-state index in [2.05, 4.69) is 46.3 Å². The van der Waals surface area contributed by atoms with Gasteiger partial charge in [-0.2, -0.15) is 10.1 Å². The molecule has 0 saturated heterocycles. The van der Waals surface area contributed by atoms with Crippen LogP contribution in [0, 0.1) is 0 Å². The molecule has 126 valence electrons. The number of amides is 1. The second kappa shape index (κ2) is 6.23. The van der Waals surface area contributed by atoms with Crippen LogP contribution in [0.1, 0.15) is 26.5 Å². The van der Waals surface area contributed by atoms with Gasteiger partial charge in [-0.15, -0.1) is 5.10 Å². The Balaban J connectivity index is 1.62. The lowest BCUT2D eigenvalue weighted by Crippen LogP contribution is -2.16. The van der Waals surface area contributed by atoms with E-state index in [1.165, 1.54) is 11.8 Å². The Morgan fingerprint density at radius 1 is 1.33 bits per heavy atom. The molecular weight excluding hydrogens is 326 g/mol. The van der Waals surface area contributed by atoms with Crippen LogP contribution >= 0.6 is 11.8 Å². The topological polar surface area (TPSA) is 90.0 Å². The molecule has 8 nitrogen and oxygen atoms in total. The van der Waals surface area contributed by atoms with Gasteiger partial charge in [-0.25, -0.2) is 9.50 Å². The molecule has 0 aliphatic rings. The monoisotopic (exact) mass is 345 g/mol. The summed E-state index contributed by atoms with van der Waals surface area (Å²) in [6, 6.07) is 3.67. The van der Waals surface area contributed by atoms with Gasteiger partial charge in [0.1, 0.15) is 5.82 Å². The number of carbonyl (C=O) groups is 1. The molecule has 3 aromatic heterocycles. The van der Waals surface area contributed by atoms with Crippen molar-refractivity contribution in [3.63, 3.8) is 0 Å². The number of hydrogen-bond donors (Lipinski definition) is 1.